The average Bonchev–Trinajstić information content (AvgIpc) is 3.83. The van der Waals surface area contributed by atoms with E-state index in [9.17, 15) is 0 Å². The van der Waals surface area contributed by atoms with Gasteiger partial charge < -0.3 is 8.98 Å². The summed E-state index contributed by atoms with van der Waals surface area (Å²) in [4.78, 5) is 10.6. The lowest BCUT2D eigenvalue weighted by atomic mass is 9.94. The summed E-state index contributed by atoms with van der Waals surface area (Å²) >= 11 is 0. The molecule has 8 aromatic carbocycles. The molecule has 0 saturated heterocycles. The Bertz CT molecular complexity index is 3120. The van der Waals surface area contributed by atoms with Gasteiger partial charge in [0, 0.05) is 27.6 Å². The number of aromatic nitrogens is 3. The van der Waals surface area contributed by atoms with Gasteiger partial charge in [0.05, 0.1) is 16.4 Å². The van der Waals surface area contributed by atoms with Gasteiger partial charge >= 0.3 is 0 Å². The molecule has 0 amide bonds. The highest BCUT2D eigenvalue weighted by Crippen LogP contribution is 2.42. The van der Waals surface area contributed by atoms with Crippen molar-refractivity contribution in [1.29, 1.82) is 0 Å². The third-order valence-corrected chi connectivity index (χ3v) is 10.8. The highest BCUT2D eigenvalue weighted by atomic mass is 16.3. The lowest BCUT2D eigenvalue weighted by molar-refractivity contribution is 0.667. The first-order chi connectivity index (χ1) is 27.8. The maximum absolute atomic E-state index is 6.87. The predicted molar refractivity (Wildman–Crippen MR) is 231 cm³/mol. The molecule has 0 unspecified atom stereocenters. The van der Waals surface area contributed by atoms with E-state index in [1.54, 1.807) is 0 Å². The van der Waals surface area contributed by atoms with Crippen molar-refractivity contribution in [3.05, 3.63) is 200 Å². The molecule has 262 valence electrons. The van der Waals surface area contributed by atoms with Gasteiger partial charge in [-0.2, -0.15) is 0 Å². The van der Waals surface area contributed by atoms with Crippen LogP contribution in [0.4, 0.5) is 0 Å². The van der Waals surface area contributed by atoms with Gasteiger partial charge in [-0.15, -0.1) is 0 Å². The molecule has 0 atom stereocenters. The summed E-state index contributed by atoms with van der Waals surface area (Å²) in [5.74, 6) is 0.649. The monoisotopic (exact) mass is 715 g/mol. The molecule has 56 heavy (non-hydrogen) atoms. The first kappa shape index (κ1) is 31.9. The van der Waals surface area contributed by atoms with Crippen LogP contribution in [0.25, 0.3) is 106 Å². The van der Waals surface area contributed by atoms with Gasteiger partial charge in [0.1, 0.15) is 16.8 Å². The second-order valence-corrected chi connectivity index (χ2v) is 14.2. The molecule has 0 aliphatic heterocycles. The molecule has 0 saturated carbocycles. The minimum Gasteiger partial charge on any atom is -0.452 e. The molecule has 0 radical (unpaired) electrons. The van der Waals surface area contributed by atoms with Crippen molar-refractivity contribution in [2.75, 3.05) is 0 Å². The van der Waals surface area contributed by atoms with E-state index in [0.29, 0.717) is 11.4 Å². The van der Waals surface area contributed by atoms with Crippen LogP contribution in [0.2, 0.25) is 0 Å². The van der Waals surface area contributed by atoms with Crippen LogP contribution >= 0.6 is 0 Å². The van der Waals surface area contributed by atoms with Crippen LogP contribution in [-0.4, -0.2) is 14.5 Å². The number of nitrogens with zero attached hydrogens (tertiary/aromatic N) is 3. The van der Waals surface area contributed by atoms with E-state index in [0.717, 1.165) is 72.4 Å². The number of fused-ring (bicyclic) bond motifs is 6. The third-order valence-electron chi connectivity index (χ3n) is 10.8. The Morgan fingerprint density at radius 2 is 0.929 bits per heavy atom. The van der Waals surface area contributed by atoms with Crippen molar-refractivity contribution < 1.29 is 4.42 Å². The number of furan rings is 1. The van der Waals surface area contributed by atoms with Gasteiger partial charge in [0.15, 0.2) is 11.4 Å². The van der Waals surface area contributed by atoms with Crippen LogP contribution in [0.5, 0.6) is 0 Å². The predicted octanol–water partition coefficient (Wildman–Crippen LogP) is 13.8. The van der Waals surface area contributed by atoms with Gasteiger partial charge in [0.25, 0.3) is 0 Å². The third kappa shape index (κ3) is 5.31. The lowest BCUT2D eigenvalue weighted by Crippen LogP contribution is -1.95. The van der Waals surface area contributed by atoms with E-state index in [1.165, 1.54) is 21.8 Å². The fourth-order valence-corrected chi connectivity index (χ4v) is 8.21. The second kappa shape index (κ2) is 13.1. The minimum atomic E-state index is 0.649. The number of hydrogen-bond acceptors (Lipinski definition) is 3. The van der Waals surface area contributed by atoms with E-state index in [1.807, 2.05) is 24.3 Å². The topological polar surface area (TPSA) is 43.9 Å². The van der Waals surface area contributed by atoms with Crippen LogP contribution < -0.4 is 0 Å². The number of benzene rings is 8. The van der Waals surface area contributed by atoms with E-state index in [4.69, 9.17) is 14.4 Å². The van der Waals surface area contributed by atoms with Crippen molar-refractivity contribution in [2.45, 2.75) is 0 Å². The van der Waals surface area contributed by atoms with Crippen LogP contribution in [0.1, 0.15) is 0 Å². The fraction of sp³-hybridized carbons (Fsp3) is 0. The summed E-state index contributed by atoms with van der Waals surface area (Å²) in [6, 6.07) is 70.3. The van der Waals surface area contributed by atoms with Crippen LogP contribution in [-0.2, 0) is 0 Å². The zero-order chi connectivity index (χ0) is 37.0. The number of hydrogen-bond donors (Lipinski definition) is 0. The maximum Gasteiger partial charge on any atom is 0.180 e. The molecule has 3 heterocycles. The van der Waals surface area contributed by atoms with Gasteiger partial charge in [0.2, 0.25) is 0 Å². The lowest BCUT2D eigenvalue weighted by Gasteiger charge is -2.12. The molecular weight excluding hydrogens is 683 g/mol. The van der Waals surface area contributed by atoms with Crippen molar-refractivity contribution in [3.63, 3.8) is 0 Å². The zero-order valence-corrected chi connectivity index (χ0v) is 30.3. The van der Waals surface area contributed by atoms with Gasteiger partial charge in [-0.3, -0.25) is 0 Å². The summed E-state index contributed by atoms with van der Waals surface area (Å²) in [6.07, 6.45) is 0. The highest BCUT2D eigenvalue weighted by molar-refractivity contribution is 6.14. The molecule has 0 fully saturated rings. The maximum atomic E-state index is 6.87. The molecule has 0 bridgehead atoms. The molecule has 0 spiro atoms. The molecule has 3 aromatic heterocycles. The van der Waals surface area contributed by atoms with Crippen molar-refractivity contribution >= 4 is 43.9 Å². The average molecular weight is 716 g/mol. The van der Waals surface area contributed by atoms with E-state index < -0.39 is 0 Å². The molecule has 0 N–H and O–H groups in total. The quantitative estimate of drug-likeness (QED) is 0.172. The summed E-state index contributed by atoms with van der Waals surface area (Å²) in [6.45, 7) is 0. The van der Waals surface area contributed by atoms with Crippen molar-refractivity contribution in [2.24, 2.45) is 0 Å². The summed E-state index contributed by atoms with van der Waals surface area (Å²) in [7, 11) is 0. The van der Waals surface area contributed by atoms with Gasteiger partial charge in [-0.25, -0.2) is 9.97 Å². The molecule has 0 aliphatic rings. The smallest absolute Gasteiger partial charge is 0.180 e. The number of para-hydroxylation sites is 2. The number of rotatable bonds is 6. The zero-order valence-electron chi connectivity index (χ0n) is 30.3. The van der Waals surface area contributed by atoms with Crippen LogP contribution in [0.3, 0.4) is 0 Å². The second-order valence-electron chi connectivity index (χ2n) is 14.2. The Balaban J connectivity index is 1.17. The standard InChI is InChI=1S/C52H33N3O/c1-4-16-34(17-5-1)38-30-39(35-18-6-2-7-19-35)32-40(31-38)49-51-50(54-52(53-49)36-20-8-3-9-21-36)48-42(26-15-29-47(48)56-51)37-22-14-23-41(33-37)55-45-27-12-10-24-43(45)44-25-11-13-28-46(44)55/h1-33H. The molecule has 11 rings (SSSR count). The Kier molecular flexibility index (Phi) is 7.46. The van der Waals surface area contributed by atoms with E-state index >= 15 is 0 Å². The van der Waals surface area contributed by atoms with Crippen molar-refractivity contribution in [1.82, 2.24) is 14.5 Å². The normalized spacial score (nSPS) is 11.6. The van der Waals surface area contributed by atoms with Gasteiger partial charge in [-0.1, -0.05) is 152 Å². The molecule has 0 aliphatic carbocycles. The summed E-state index contributed by atoms with van der Waals surface area (Å²) in [5.41, 5.74) is 14.9. The van der Waals surface area contributed by atoms with Crippen molar-refractivity contribution in [3.8, 4) is 61.7 Å². The summed E-state index contributed by atoms with van der Waals surface area (Å²) < 4.78 is 9.23. The summed E-state index contributed by atoms with van der Waals surface area (Å²) in [5, 5.41) is 3.44. The molecular formula is C52H33N3O. The first-order valence-electron chi connectivity index (χ1n) is 18.9. The fourth-order valence-electron chi connectivity index (χ4n) is 8.21. The van der Waals surface area contributed by atoms with E-state index in [2.05, 4.69) is 180 Å². The highest BCUT2D eigenvalue weighted by Gasteiger charge is 2.22. The Labute approximate surface area is 323 Å². The Morgan fingerprint density at radius 3 is 1.57 bits per heavy atom. The minimum absolute atomic E-state index is 0.649. The van der Waals surface area contributed by atoms with E-state index in [-0.39, 0.29) is 0 Å². The first-order valence-corrected chi connectivity index (χ1v) is 18.9. The SMILES string of the molecule is c1ccc(-c2cc(-c3ccccc3)cc(-c3nc(-c4ccccc4)nc4c3oc3cccc(-c5cccc(-n6c7ccccc7c7ccccc76)c5)c34)c2)cc1. The molecule has 4 heteroatoms. The molecule has 4 nitrogen and oxygen atoms in total. The Morgan fingerprint density at radius 1 is 0.393 bits per heavy atom. The largest absolute Gasteiger partial charge is 0.452 e. The van der Waals surface area contributed by atoms with Crippen LogP contribution in [0, 0.1) is 0 Å². The Hall–Kier alpha value is -7.56. The molecule has 11 aromatic rings. The van der Waals surface area contributed by atoms with Gasteiger partial charge in [-0.05, 0) is 81.9 Å². The van der Waals surface area contributed by atoms with Crippen LogP contribution in [0.15, 0.2) is 205 Å².